The number of nitrogens with one attached hydrogen (secondary N) is 1. The number of carbonyl (C=O) groups is 2. The van der Waals surface area contributed by atoms with Crippen LogP contribution in [0.2, 0.25) is 0 Å². The van der Waals surface area contributed by atoms with Crippen LogP contribution in [0.3, 0.4) is 0 Å². The van der Waals surface area contributed by atoms with E-state index in [-0.39, 0.29) is 28.6 Å². The summed E-state index contributed by atoms with van der Waals surface area (Å²) in [6.07, 6.45) is 0. The van der Waals surface area contributed by atoms with Crippen LogP contribution in [0.4, 0.5) is 11.4 Å². The molecule has 1 N–H and O–H groups in total. The Morgan fingerprint density at radius 2 is 1.77 bits per heavy atom. The number of anilines is 1. The van der Waals surface area contributed by atoms with Crippen LogP contribution in [0.15, 0.2) is 53.5 Å². The summed E-state index contributed by atoms with van der Waals surface area (Å²) in [6, 6.07) is 14.7. The van der Waals surface area contributed by atoms with E-state index in [0.29, 0.717) is 16.9 Å². The molecule has 1 aliphatic heterocycles. The standard InChI is InChI=1S/C22H22N6O2/c1-22(2,3)14-10-6-7-11-15(14)23-18(20-24-26-27-25-20)17-19(29)13-9-5-8-12-16(13)28(4)21(17)30/h5-12,17H,1-4H3,(H,24,25,26,27). The normalized spacial score (nSPS) is 17.3. The highest BCUT2D eigenvalue weighted by Gasteiger charge is 2.43. The molecule has 2 heterocycles. The van der Waals surface area contributed by atoms with Gasteiger partial charge in [-0.2, -0.15) is 5.21 Å². The summed E-state index contributed by atoms with van der Waals surface area (Å²) in [4.78, 5) is 32.9. The van der Waals surface area contributed by atoms with E-state index in [4.69, 9.17) is 4.99 Å². The number of carbonyl (C=O) groups excluding carboxylic acids is 2. The highest BCUT2D eigenvalue weighted by molar-refractivity contribution is 6.34. The van der Waals surface area contributed by atoms with Crippen LogP contribution >= 0.6 is 0 Å². The van der Waals surface area contributed by atoms with Crippen LogP contribution < -0.4 is 4.90 Å². The van der Waals surface area contributed by atoms with Gasteiger partial charge in [0.2, 0.25) is 11.7 Å². The van der Waals surface area contributed by atoms with E-state index in [0.717, 1.165) is 5.56 Å². The average Bonchev–Trinajstić information content (AvgIpc) is 3.26. The number of fused-ring (bicyclic) bond motifs is 1. The van der Waals surface area contributed by atoms with Crippen LogP contribution in [-0.4, -0.2) is 45.1 Å². The van der Waals surface area contributed by atoms with E-state index in [1.807, 2.05) is 24.3 Å². The van der Waals surface area contributed by atoms with Gasteiger partial charge in [-0.05, 0) is 34.4 Å². The van der Waals surface area contributed by atoms with E-state index in [1.165, 1.54) is 4.90 Å². The van der Waals surface area contributed by atoms with Gasteiger partial charge in [-0.3, -0.25) is 9.59 Å². The second kappa shape index (κ2) is 7.29. The maximum atomic E-state index is 13.4. The van der Waals surface area contributed by atoms with Crippen molar-refractivity contribution < 1.29 is 9.59 Å². The largest absolute Gasteiger partial charge is 0.314 e. The van der Waals surface area contributed by atoms with Gasteiger partial charge in [0, 0.05) is 12.6 Å². The number of hydrogen-bond acceptors (Lipinski definition) is 6. The first kappa shape index (κ1) is 19.6. The predicted molar refractivity (Wildman–Crippen MR) is 113 cm³/mol. The predicted octanol–water partition coefficient (Wildman–Crippen LogP) is 3.09. The number of ketones is 1. The lowest BCUT2D eigenvalue weighted by Crippen LogP contribution is -2.46. The number of benzene rings is 2. The fraction of sp³-hybridized carbons (Fsp3) is 0.273. The molecule has 0 fully saturated rings. The highest BCUT2D eigenvalue weighted by Crippen LogP contribution is 2.35. The smallest absolute Gasteiger partial charge is 0.243 e. The molecule has 0 saturated carbocycles. The van der Waals surface area contributed by atoms with Gasteiger partial charge in [0.05, 0.1) is 11.4 Å². The molecule has 2 aromatic carbocycles. The summed E-state index contributed by atoms with van der Waals surface area (Å²) in [7, 11) is 1.65. The molecule has 0 saturated heterocycles. The Morgan fingerprint density at radius 3 is 2.47 bits per heavy atom. The van der Waals surface area contributed by atoms with E-state index in [9.17, 15) is 9.59 Å². The van der Waals surface area contributed by atoms with Gasteiger partial charge in [-0.15, -0.1) is 10.2 Å². The maximum Gasteiger partial charge on any atom is 0.243 e. The number of aromatic amines is 1. The number of aliphatic imine (C=N–C) groups is 1. The number of hydrogen-bond donors (Lipinski definition) is 1. The van der Waals surface area contributed by atoms with Crippen LogP contribution in [0, 0.1) is 5.92 Å². The topological polar surface area (TPSA) is 104 Å². The average molecular weight is 402 g/mol. The number of amides is 1. The lowest BCUT2D eigenvalue weighted by molar-refractivity contribution is -0.119. The third kappa shape index (κ3) is 3.30. The van der Waals surface area contributed by atoms with Crippen molar-refractivity contribution in [2.75, 3.05) is 11.9 Å². The van der Waals surface area contributed by atoms with Gasteiger partial charge in [-0.25, -0.2) is 4.99 Å². The maximum absolute atomic E-state index is 13.4. The van der Waals surface area contributed by atoms with Crippen molar-refractivity contribution in [3.8, 4) is 0 Å². The van der Waals surface area contributed by atoms with Crippen molar-refractivity contribution in [1.29, 1.82) is 0 Å². The lowest BCUT2D eigenvalue weighted by atomic mass is 9.85. The molecule has 1 atom stereocenters. The van der Waals surface area contributed by atoms with Crippen molar-refractivity contribution in [2.45, 2.75) is 26.2 Å². The zero-order chi connectivity index (χ0) is 21.5. The molecule has 0 radical (unpaired) electrons. The number of aromatic nitrogens is 4. The lowest BCUT2D eigenvalue weighted by Gasteiger charge is -2.30. The molecule has 4 rings (SSSR count). The Kier molecular flexibility index (Phi) is 4.77. The molecule has 3 aromatic rings. The first-order valence-electron chi connectivity index (χ1n) is 9.62. The fourth-order valence-electron chi connectivity index (χ4n) is 3.64. The third-order valence-electron chi connectivity index (χ3n) is 5.17. The van der Waals surface area contributed by atoms with Gasteiger partial charge in [0.25, 0.3) is 0 Å². The van der Waals surface area contributed by atoms with Crippen molar-refractivity contribution >= 4 is 28.8 Å². The molecule has 0 aliphatic carbocycles. The van der Waals surface area contributed by atoms with Gasteiger partial charge >= 0.3 is 0 Å². The summed E-state index contributed by atoms with van der Waals surface area (Å²) in [5, 5.41) is 14.1. The number of tetrazole rings is 1. The molecular weight excluding hydrogens is 380 g/mol. The monoisotopic (exact) mass is 402 g/mol. The first-order chi connectivity index (χ1) is 14.3. The third-order valence-corrected chi connectivity index (χ3v) is 5.17. The SMILES string of the molecule is CN1C(=O)C(C(=Nc2ccccc2C(C)(C)C)c2nn[nH]n2)C(=O)c2ccccc21. The Bertz CT molecular complexity index is 1140. The molecule has 8 nitrogen and oxygen atoms in total. The minimum atomic E-state index is -1.16. The number of nitrogens with zero attached hydrogens (tertiary/aromatic N) is 5. The zero-order valence-corrected chi connectivity index (χ0v) is 17.2. The van der Waals surface area contributed by atoms with E-state index < -0.39 is 5.92 Å². The Balaban J connectivity index is 1.92. The minimum Gasteiger partial charge on any atom is -0.314 e. The second-order valence-electron chi connectivity index (χ2n) is 8.21. The van der Waals surface area contributed by atoms with Crippen LogP contribution in [0.1, 0.15) is 42.5 Å². The number of para-hydroxylation sites is 2. The van der Waals surface area contributed by atoms with Gasteiger partial charge < -0.3 is 4.90 Å². The van der Waals surface area contributed by atoms with Crippen molar-refractivity contribution in [3.63, 3.8) is 0 Å². The molecular formula is C22H22N6O2. The molecule has 30 heavy (non-hydrogen) atoms. The van der Waals surface area contributed by atoms with Gasteiger partial charge in [0.1, 0.15) is 11.6 Å². The number of Topliss-reactive ketones (excluding diaryl/α,β-unsaturated/α-hetero) is 1. The Hall–Kier alpha value is -3.68. The number of H-pyrrole nitrogens is 1. The minimum absolute atomic E-state index is 0.123. The van der Waals surface area contributed by atoms with E-state index >= 15 is 0 Å². The zero-order valence-electron chi connectivity index (χ0n) is 17.2. The Labute approximate surface area is 174 Å². The van der Waals surface area contributed by atoms with Gasteiger partial charge in [0.15, 0.2) is 5.78 Å². The molecule has 0 bridgehead atoms. The highest BCUT2D eigenvalue weighted by atomic mass is 16.2. The first-order valence-corrected chi connectivity index (χ1v) is 9.62. The second-order valence-corrected chi connectivity index (χ2v) is 8.21. The van der Waals surface area contributed by atoms with E-state index in [2.05, 4.69) is 41.4 Å². The van der Waals surface area contributed by atoms with Crippen LogP contribution in [0.5, 0.6) is 0 Å². The molecule has 0 spiro atoms. The summed E-state index contributed by atoms with van der Waals surface area (Å²) < 4.78 is 0. The van der Waals surface area contributed by atoms with E-state index in [1.54, 1.807) is 31.3 Å². The molecule has 8 heteroatoms. The van der Waals surface area contributed by atoms with Crippen LogP contribution in [0.25, 0.3) is 0 Å². The molecule has 1 amide bonds. The molecule has 152 valence electrons. The summed E-state index contributed by atoms with van der Waals surface area (Å²) in [5.41, 5.74) is 2.67. The van der Waals surface area contributed by atoms with Crippen molar-refractivity contribution in [2.24, 2.45) is 10.9 Å². The van der Waals surface area contributed by atoms with Crippen molar-refractivity contribution in [1.82, 2.24) is 20.6 Å². The quantitative estimate of drug-likeness (QED) is 0.535. The van der Waals surface area contributed by atoms with Crippen molar-refractivity contribution in [3.05, 3.63) is 65.5 Å². The van der Waals surface area contributed by atoms with Gasteiger partial charge in [-0.1, -0.05) is 51.1 Å². The van der Waals surface area contributed by atoms with Crippen LogP contribution in [-0.2, 0) is 10.2 Å². The summed E-state index contributed by atoms with van der Waals surface area (Å²) in [6.45, 7) is 6.24. The number of rotatable bonds is 3. The molecule has 1 aromatic heterocycles. The molecule has 1 aliphatic rings. The fourth-order valence-corrected chi connectivity index (χ4v) is 3.64. The molecule has 1 unspecified atom stereocenters. The Morgan fingerprint density at radius 1 is 1.07 bits per heavy atom. The summed E-state index contributed by atoms with van der Waals surface area (Å²) in [5.74, 6) is -1.74. The summed E-state index contributed by atoms with van der Waals surface area (Å²) >= 11 is 0.